The van der Waals surface area contributed by atoms with Crippen molar-refractivity contribution in [1.29, 1.82) is 0 Å². The first-order chi connectivity index (χ1) is 7.22. The number of aliphatic hydroxyl groups excluding tert-OH is 1. The van der Waals surface area contributed by atoms with Gasteiger partial charge in [-0.05, 0) is 35.6 Å². The summed E-state index contributed by atoms with van der Waals surface area (Å²) in [5.41, 5.74) is 2.27. The standard InChI is InChI=1S/C12H16FNO/c1-8-6-9-2-3-10(13)7-11(9)12(8)14-4-5-15/h2-3,7-8,12,14-15H,4-6H2,1H3. The maximum absolute atomic E-state index is 13.1. The summed E-state index contributed by atoms with van der Waals surface area (Å²) in [6, 6.07) is 5.16. The van der Waals surface area contributed by atoms with Crippen LogP contribution in [0.5, 0.6) is 0 Å². The Bertz CT molecular complexity index is 353. The summed E-state index contributed by atoms with van der Waals surface area (Å²) in [5, 5.41) is 12.0. The van der Waals surface area contributed by atoms with Crippen LogP contribution in [0.2, 0.25) is 0 Å². The lowest BCUT2D eigenvalue weighted by molar-refractivity contribution is 0.275. The van der Waals surface area contributed by atoms with Crippen molar-refractivity contribution in [3.8, 4) is 0 Å². The van der Waals surface area contributed by atoms with Gasteiger partial charge in [-0.15, -0.1) is 0 Å². The predicted molar refractivity (Wildman–Crippen MR) is 57.1 cm³/mol. The van der Waals surface area contributed by atoms with Crippen molar-refractivity contribution in [2.75, 3.05) is 13.2 Å². The first-order valence-electron chi connectivity index (χ1n) is 5.35. The van der Waals surface area contributed by atoms with Crippen LogP contribution in [0, 0.1) is 11.7 Å². The maximum atomic E-state index is 13.1. The molecule has 0 fully saturated rings. The second-order valence-corrected chi connectivity index (χ2v) is 4.18. The second-order valence-electron chi connectivity index (χ2n) is 4.18. The Morgan fingerprint density at radius 2 is 2.33 bits per heavy atom. The van der Waals surface area contributed by atoms with Crippen molar-refractivity contribution < 1.29 is 9.50 Å². The normalized spacial score (nSPS) is 24.2. The van der Waals surface area contributed by atoms with Crippen molar-refractivity contribution in [1.82, 2.24) is 5.32 Å². The van der Waals surface area contributed by atoms with Gasteiger partial charge in [-0.2, -0.15) is 0 Å². The topological polar surface area (TPSA) is 32.3 Å². The van der Waals surface area contributed by atoms with Crippen molar-refractivity contribution in [3.63, 3.8) is 0 Å². The molecule has 1 aliphatic carbocycles. The molecule has 2 rings (SSSR count). The molecule has 2 atom stereocenters. The van der Waals surface area contributed by atoms with Crippen molar-refractivity contribution >= 4 is 0 Å². The van der Waals surface area contributed by atoms with Crippen molar-refractivity contribution in [2.24, 2.45) is 5.92 Å². The Balaban J connectivity index is 2.23. The first kappa shape index (κ1) is 10.6. The number of nitrogens with one attached hydrogen (secondary N) is 1. The van der Waals surface area contributed by atoms with Gasteiger partial charge < -0.3 is 10.4 Å². The molecule has 0 aromatic heterocycles. The molecule has 0 radical (unpaired) electrons. The van der Waals surface area contributed by atoms with Gasteiger partial charge in [0.1, 0.15) is 5.82 Å². The van der Waals surface area contributed by atoms with E-state index in [2.05, 4.69) is 12.2 Å². The molecule has 0 aliphatic heterocycles. The monoisotopic (exact) mass is 209 g/mol. The van der Waals surface area contributed by atoms with Crippen LogP contribution in [0.3, 0.4) is 0 Å². The first-order valence-corrected chi connectivity index (χ1v) is 5.35. The molecular weight excluding hydrogens is 193 g/mol. The molecule has 0 heterocycles. The van der Waals surface area contributed by atoms with Gasteiger partial charge in [0.2, 0.25) is 0 Å². The number of hydrogen-bond acceptors (Lipinski definition) is 2. The smallest absolute Gasteiger partial charge is 0.123 e. The van der Waals surface area contributed by atoms with E-state index in [9.17, 15) is 4.39 Å². The highest BCUT2D eigenvalue weighted by molar-refractivity contribution is 5.36. The van der Waals surface area contributed by atoms with Gasteiger partial charge in [-0.3, -0.25) is 0 Å². The largest absolute Gasteiger partial charge is 0.395 e. The van der Waals surface area contributed by atoms with E-state index in [0.29, 0.717) is 12.5 Å². The van der Waals surface area contributed by atoms with Crippen LogP contribution in [0.4, 0.5) is 4.39 Å². The van der Waals surface area contributed by atoms with Crippen LogP contribution in [-0.2, 0) is 6.42 Å². The number of fused-ring (bicyclic) bond motifs is 1. The Morgan fingerprint density at radius 3 is 3.07 bits per heavy atom. The average Bonchev–Trinajstić information content (AvgIpc) is 2.51. The van der Waals surface area contributed by atoms with E-state index in [1.165, 1.54) is 11.6 Å². The molecule has 1 aromatic carbocycles. The van der Waals surface area contributed by atoms with Gasteiger partial charge in [0.15, 0.2) is 0 Å². The van der Waals surface area contributed by atoms with E-state index in [0.717, 1.165) is 12.0 Å². The lowest BCUT2D eigenvalue weighted by Crippen LogP contribution is -2.26. The number of rotatable bonds is 3. The highest BCUT2D eigenvalue weighted by Crippen LogP contribution is 2.35. The van der Waals surface area contributed by atoms with E-state index >= 15 is 0 Å². The predicted octanol–water partition coefficient (Wildman–Crippen LogP) is 1.64. The fourth-order valence-corrected chi connectivity index (χ4v) is 2.34. The van der Waals surface area contributed by atoms with Crippen molar-refractivity contribution in [3.05, 3.63) is 35.1 Å². The summed E-state index contributed by atoms with van der Waals surface area (Å²) < 4.78 is 13.1. The van der Waals surface area contributed by atoms with Crippen LogP contribution in [0.15, 0.2) is 18.2 Å². The second kappa shape index (κ2) is 4.29. The molecule has 0 saturated heterocycles. The van der Waals surface area contributed by atoms with Crippen molar-refractivity contribution in [2.45, 2.75) is 19.4 Å². The van der Waals surface area contributed by atoms with E-state index in [-0.39, 0.29) is 18.5 Å². The number of aliphatic hydroxyl groups is 1. The van der Waals surface area contributed by atoms with Gasteiger partial charge in [0.05, 0.1) is 6.61 Å². The molecule has 0 amide bonds. The number of hydrogen-bond donors (Lipinski definition) is 2. The van der Waals surface area contributed by atoms with Crippen LogP contribution in [0.1, 0.15) is 24.1 Å². The minimum absolute atomic E-state index is 0.119. The molecule has 0 bridgehead atoms. The van der Waals surface area contributed by atoms with Gasteiger partial charge >= 0.3 is 0 Å². The third-order valence-electron chi connectivity index (χ3n) is 3.03. The lowest BCUT2D eigenvalue weighted by atomic mass is 10.0. The van der Waals surface area contributed by atoms with Gasteiger partial charge in [0.25, 0.3) is 0 Å². The summed E-state index contributed by atoms with van der Waals surface area (Å²) in [6.45, 7) is 2.83. The molecule has 2 unspecified atom stereocenters. The SMILES string of the molecule is CC1Cc2ccc(F)cc2C1NCCO. The third-order valence-corrected chi connectivity index (χ3v) is 3.03. The fourth-order valence-electron chi connectivity index (χ4n) is 2.34. The summed E-state index contributed by atoms with van der Waals surface area (Å²) in [6.07, 6.45) is 0.985. The van der Waals surface area contributed by atoms with Gasteiger partial charge in [-0.1, -0.05) is 13.0 Å². The quantitative estimate of drug-likeness (QED) is 0.793. The molecule has 1 aliphatic rings. The van der Waals surface area contributed by atoms with Crippen LogP contribution >= 0.6 is 0 Å². The molecule has 82 valence electrons. The zero-order chi connectivity index (χ0) is 10.8. The highest BCUT2D eigenvalue weighted by Gasteiger charge is 2.28. The summed E-state index contributed by atoms with van der Waals surface area (Å²) in [4.78, 5) is 0. The van der Waals surface area contributed by atoms with E-state index < -0.39 is 0 Å². The summed E-state index contributed by atoms with van der Waals surface area (Å²) in [7, 11) is 0. The number of halogens is 1. The minimum Gasteiger partial charge on any atom is -0.395 e. The van der Waals surface area contributed by atoms with Crippen LogP contribution in [-0.4, -0.2) is 18.3 Å². The van der Waals surface area contributed by atoms with Gasteiger partial charge in [0, 0.05) is 12.6 Å². The summed E-state index contributed by atoms with van der Waals surface area (Å²) in [5.74, 6) is 0.284. The molecule has 3 heteroatoms. The maximum Gasteiger partial charge on any atom is 0.123 e. The van der Waals surface area contributed by atoms with Crippen LogP contribution in [0.25, 0.3) is 0 Å². The fraction of sp³-hybridized carbons (Fsp3) is 0.500. The Labute approximate surface area is 89.1 Å². The third kappa shape index (κ3) is 2.03. The number of benzene rings is 1. The Kier molecular flexibility index (Phi) is 3.03. The van der Waals surface area contributed by atoms with E-state index in [4.69, 9.17) is 5.11 Å². The lowest BCUT2D eigenvalue weighted by Gasteiger charge is -2.17. The van der Waals surface area contributed by atoms with Crippen LogP contribution < -0.4 is 5.32 Å². The van der Waals surface area contributed by atoms with Gasteiger partial charge in [-0.25, -0.2) is 4.39 Å². The summed E-state index contributed by atoms with van der Waals surface area (Å²) >= 11 is 0. The van der Waals surface area contributed by atoms with E-state index in [1.54, 1.807) is 6.07 Å². The Morgan fingerprint density at radius 1 is 1.53 bits per heavy atom. The Hall–Kier alpha value is -0.930. The molecular formula is C12H16FNO. The molecule has 2 nitrogen and oxygen atoms in total. The zero-order valence-electron chi connectivity index (χ0n) is 8.83. The minimum atomic E-state index is -0.182. The highest BCUT2D eigenvalue weighted by atomic mass is 19.1. The average molecular weight is 209 g/mol. The molecule has 15 heavy (non-hydrogen) atoms. The zero-order valence-corrected chi connectivity index (χ0v) is 8.83. The van der Waals surface area contributed by atoms with E-state index in [1.807, 2.05) is 6.07 Å². The molecule has 0 spiro atoms. The molecule has 1 aromatic rings. The molecule has 2 N–H and O–H groups in total. The molecule has 0 saturated carbocycles.